The number of carbonyl (C=O) groups excluding carboxylic acids is 2. The number of aromatic nitrogens is 1. The number of allylic oxidation sites excluding steroid dienone is 2. The highest BCUT2D eigenvalue weighted by Crippen LogP contribution is 2.39. The summed E-state index contributed by atoms with van der Waals surface area (Å²) in [4.78, 5) is 30.7. The first-order valence-corrected chi connectivity index (χ1v) is 7.46. The average molecular weight is 284 g/mol. The summed E-state index contributed by atoms with van der Waals surface area (Å²) in [6.45, 7) is 0. The first-order valence-electron chi connectivity index (χ1n) is 6.64. The zero-order valence-electron chi connectivity index (χ0n) is 10.7. The lowest BCUT2D eigenvalue weighted by Gasteiger charge is -2.14. The fourth-order valence-corrected chi connectivity index (χ4v) is 3.92. The molecular weight excluding hydrogens is 272 g/mol. The fraction of sp³-hybridized carbons (Fsp3) is 0.267. The summed E-state index contributed by atoms with van der Waals surface area (Å²) in [6.07, 6.45) is 5.32. The maximum Gasteiger partial charge on any atom is 0.239 e. The maximum atomic E-state index is 12.5. The molecule has 1 fully saturated rings. The van der Waals surface area contributed by atoms with Gasteiger partial charge in [0.15, 0.2) is 5.13 Å². The summed E-state index contributed by atoms with van der Waals surface area (Å²) < 4.78 is 0.996. The van der Waals surface area contributed by atoms with Crippen LogP contribution in [0.25, 0.3) is 10.2 Å². The topological polar surface area (TPSA) is 50.3 Å². The first kappa shape index (κ1) is 11.8. The molecule has 2 amide bonds. The molecule has 0 spiro atoms. The molecule has 0 N–H and O–H groups in total. The number of fused-ring (bicyclic) bond motifs is 2. The number of hydrogen-bond donors (Lipinski definition) is 0. The standard InChI is InChI=1S/C15H12N2O2S/c18-13-9-5-1-2-6-10(9)14(19)17(13)15-16-11-7-3-4-8-12(11)20-15/h1-4,7-10H,5-6H2/t9-,10-/m0/s1. The van der Waals surface area contributed by atoms with E-state index < -0.39 is 0 Å². The lowest BCUT2D eigenvalue weighted by atomic mass is 9.85. The number of amides is 2. The molecule has 2 aromatic rings. The van der Waals surface area contributed by atoms with Gasteiger partial charge in [0.2, 0.25) is 11.8 Å². The average Bonchev–Trinajstić information content (AvgIpc) is 3.00. The van der Waals surface area contributed by atoms with E-state index in [4.69, 9.17) is 0 Å². The third-order valence-electron chi connectivity index (χ3n) is 3.98. The van der Waals surface area contributed by atoms with Gasteiger partial charge >= 0.3 is 0 Å². The number of imide groups is 1. The summed E-state index contributed by atoms with van der Waals surface area (Å²) in [6, 6.07) is 7.69. The molecule has 0 saturated carbocycles. The zero-order chi connectivity index (χ0) is 13.7. The van der Waals surface area contributed by atoms with Gasteiger partial charge in [0.25, 0.3) is 0 Å². The van der Waals surface area contributed by atoms with Crippen molar-refractivity contribution in [3.05, 3.63) is 36.4 Å². The minimum atomic E-state index is -0.195. The van der Waals surface area contributed by atoms with Crippen molar-refractivity contribution < 1.29 is 9.59 Å². The third-order valence-corrected chi connectivity index (χ3v) is 5.00. The van der Waals surface area contributed by atoms with Gasteiger partial charge in [0, 0.05) is 0 Å². The molecule has 1 aliphatic carbocycles. The monoisotopic (exact) mass is 284 g/mol. The summed E-state index contributed by atoms with van der Waals surface area (Å²) in [5.74, 6) is -0.578. The Balaban J connectivity index is 1.78. The van der Waals surface area contributed by atoms with Crippen molar-refractivity contribution in [1.82, 2.24) is 4.98 Å². The van der Waals surface area contributed by atoms with Gasteiger partial charge < -0.3 is 0 Å². The molecule has 20 heavy (non-hydrogen) atoms. The van der Waals surface area contributed by atoms with E-state index in [9.17, 15) is 9.59 Å². The Morgan fingerprint density at radius 2 is 1.70 bits per heavy atom. The van der Waals surface area contributed by atoms with Gasteiger partial charge in [-0.3, -0.25) is 9.59 Å². The molecule has 1 aliphatic heterocycles. The van der Waals surface area contributed by atoms with Crippen LogP contribution in [0.1, 0.15) is 12.8 Å². The SMILES string of the molecule is O=C1[C@H]2CC=CC[C@@H]2C(=O)N1c1nc2ccccc2s1. The Bertz CT molecular complexity index is 690. The number of anilines is 1. The molecular formula is C15H12N2O2S. The van der Waals surface area contributed by atoms with Crippen molar-refractivity contribution in [2.24, 2.45) is 11.8 Å². The van der Waals surface area contributed by atoms with E-state index in [1.54, 1.807) is 0 Å². The van der Waals surface area contributed by atoms with Crippen molar-refractivity contribution in [3.63, 3.8) is 0 Å². The quantitative estimate of drug-likeness (QED) is 0.597. The molecule has 1 aromatic heterocycles. The van der Waals surface area contributed by atoms with Crippen LogP contribution in [0.4, 0.5) is 5.13 Å². The highest BCUT2D eigenvalue weighted by atomic mass is 32.1. The van der Waals surface area contributed by atoms with Gasteiger partial charge in [-0.2, -0.15) is 0 Å². The highest BCUT2D eigenvalue weighted by Gasteiger charge is 2.48. The minimum absolute atomic E-state index is 0.0941. The Morgan fingerprint density at radius 1 is 1.05 bits per heavy atom. The number of hydrogen-bond acceptors (Lipinski definition) is 4. The summed E-state index contributed by atoms with van der Waals surface area (Å²) in [5.41, 5.74) is 0.834. The van der Waals surface area contributed by atoms with E-state index in [2.05, 4.69) is 4.98 Å². The van der Waals surface area contributed by atoms with Crippen LogP contribution in [-0.2, 0) is 9.59 Å². The van der Waals surface area contributed by atoms with E-state index in [1.807, 2.05) is 36.4 Å². The predicted octanol–water partition coefficient (Wildman–Crippen LogP) is 2.75. The van der Waals surface area contributed by atoms with E-state index in [0.29, 0.717) is 18.0 Å². The van der Waals surface area contributed by atoms with E-state index in [1.165, 1.54) is 16.2 Å². The second-order valence-corrected chi connectivity index (χ2v) is 6.14. The number of thiazole rings is 1. The largest absolute Gasteiger partial charge is 0.274 e. The molecule has 100 valence electrons. The minimum Gasteiger partial charge on any atom is -0.274 e. The number of benzene rings is 1. The van der Waals surface area contributed by atoms with Gasteiger partial charge in [-0.05, 0) is 25.0 Å². The van der Waals surface area contributed by atoms with Crippen LogP contribution in [0.3, 0.4) is 0 Å². The molecule has 2 aliphatic rings. The Hall–Kier alpha value is -2.01. The third kappa shape index (κ3) is 1.56. The van der Waals surface area contributed by atoms with Crippen LogP contribution in [0.2, 0.25) is 0 Å². The first-order chi connectivity index (χ1) is 9.75. The Labute approximate surface area is 119 Å². The highest BCUT2D eigenvalue weighted by molar-refractivity contribution is 7.22. The molecule has 5 heteroatoms. The number of para-hydroxylation sites is 1. The number of carbonyl (C=O) groups is 2. The van der Waals surface area contributed by atoms with Crippen molar-refractivity contribution in [2.75, 3.05) is 4.90 Å². The van der Waals surface area contributed by atoms with Gasteiger partial charge in [-0.15, -0.1) is 0 Å². The lowest BCUT2D eigenvalue weighted by molar-refractivity contribution is -0.122. The van der Waals surface area contributed by atoms with E-state index in [-0.39, 0.29) is 23.7 Å². The van der Waals surface area contributed by atoms with Crippen LogP contribution < -0.4 is 4.90 Å². The summed E-state index contributed by atoms with van der Waals surface area (Å²) in [5, 5.41) is 0.510. The molecule has 0 radical (unpaired) electrons. The predicted molar refractivity (Wildman–Crippen MR) is 77.5 cm³/mol. The summed E-state index contributed by atoms with van der Waals surface area (Å²) in [7, 11) is 0. The van der Waals surface area contributed by atoms with Gasteiger partial charge in [0.1, 0.15) is 0 Å². The van der Waals surface area contributed by atoms with Crippen molar-refractivity contribution in [2.45, 2.75) is 12.8 Å². The molecule has 2 heterocycles. The molecule has 4 nitrogen and oxygen atoms in total. The van der Waals surface area contributed by atoms with Crippen LogP contribution in [0, 0.1) is 11.8 Å². The molecule has 4 rings (SSSR count). The second kappa shape index (κ2) is 4.24. The fourth-order valence-electron chi connectivity index (χ4n) is 2.94. The van der Waals surface area contributed by atoms with Crippen molar-refractivity contribution in [3.8, 4) is 0 Å². The van der Waals surface area contributed by atoms with Crippen LogP contribution in [0.15, 0.2) is 36.4 Å². The lowest BCUT2D eigenvalue weighted by Crippen LogP contribution is -2.30. The second-order valence-electron chi connectivity index (χ2n) is 5.13. The normalized spacial score (nSPS) is 25.5. The van der Waals surface area contributed by atoms with Crippen LogP contribution in [0.5, 0.6) is 0 Å². The molecule has 0 bridgehead atoms. The van der Waals surface area contributed by atoms with Gasteiger partial charge in [-0.25, -0.2) is 9.88 Å². The zero-order valence-corrected chi connectivity index (χ0v) is 11.5. The Morgan fingerprint density at radius 3 is 2.35 bits per heavy atom. The number of rotatable bonds is 1. The van der Waals surface area contributed by atoms with Crippen molar-refractivity contribution >= 4 is 38.5 Å². The van der Waals surface area contributed by atoms with Crippen LogP contribution >= 0.6 is 11.3 Å². The van der Waals surface area contributed by atoms with Crippen LogP contribution in [-0.4, -0.2) is 16.8 Å². The Kier molecular flexibility index (Phi) is 2.50. The van der Waals surface area contributed by atoms with E-state index >= 15 is 0 Å². The smallest absolute Gasteiger partial charge is 0.239 e. The maximum absolute atomic E-state index is 12.5. The van der Waals surface area contributed by atoms with Crippen molar-refractivity contribution in [1.29, 1.82) is 0 Å². The molecule has 1 aromatic carbocycles. The van der Waals surface area contributed by atoms with E-state index in [0.717, 1.165) is 10.2 Å². The molecule has 1 saturated heterocycles. The van der Waals surface area contributed by atoms with Gasteiger partial charge in [0.05, 0.1) is 22.1 Å². The van der Waals surface area contributed by atoms with Gasteiger partial charge in [-0.1, -0.05) is 35.6 Å². The number of nitrogens with zero attached hydrogens (tertiary/aromatic N) is 2. The molecule has 0 unspecified atom stereocenters. The molecule has 2 atom stereocenters. The summed E-state index contributed by atoms with van der Waals surface area (Å²) >= 11 is 1.40.